The van der Waals surface area contributed by atoms with E-state index in [-0.39, 0.29) is 12.4 Å². The number of thioether (sulfide) groups is 1. The molecule has 0 atom stereocenters. The Morgan fingerprint density at radius 1 is 1.47 bits per heavy atom. The molecular weight excluding hydrogens is 219 g/mol. The van der Waals surface area contributed by atoms with Crippen LogP contribution in [0.2, 0.25) is 0 Å². The summed E-state index contributed by atoms with van der Waals surface area (Å²) in [6.45, 7) is -0.273. The highest BCUT2D eigenvalue weighted by Gasteiger charge is 2.08. The third-order valence-corrected chi connectivity index (χ3v) is 2.86. The molecule has 0 fully saturated rings. The summed E-state index contributed by atoms with van der Waals surface area (Å²) in [7, 11) is 0. The normalized spacial score (nSPS) is 10.5. The smallest absolute Gasteiger partial charge is 0.371 e. The van der Waals surface area contributed by atoms with Crippen molar-refractivity contribution >= 4 is 17.7 Å². The Balaban J connectivity index is 2.23. The highest BCUT2D eigenvalue weighted by Crippen LogP contribution is 2.16. The van der Waals surface area contributed by atoms with Gasteiger partial charge in [-0.15, -0.1) is 0 Å². The van der Waals surface area contributed by atoms with Crippen molar-refractivity contribution < 1.29 is 18.7 Å². The highest BCUT2D eigenvalue weighted by atomic mass is 32.2. The number of unbranched alkanes of at least 4 members (excludes halogenated alkanes) is 1. The molecule has 0 saturated heterocycles. The summed E-state index contributed by atoms with van der Waals surface area (Å²) in [5, 5.41) is 8.60. The van der Waals surface area contributed by atoms with Crippen LogP contribution in [-0.2, 0) is 5.75 Å². The standard InChI is InChI=1S/C10H13FO3S/c11-5-1-2-6-15-7-8-3-4-9(14-8)10(12)13/h3-4H,1-2,5-7H2,(H,12,13). The minimum absolute atomic E-state index is 0.0330. The van der Waals surface area contributed by atoms with Crippen LogP contribution in [0.15, 0.2) is 16.5 Å². The van der Waals surface area contributed by atoms with Gasteiger partial charge in [-0.05, 0) is 30.7 Å². The molecule has 0 aromatic carbocycles. The molecule has 0 saturated carbocycles. The van der Waals surface area contributed by atoms with Crippen LogP contribution in [0, 0.1) is 0 Å². The second-order valence-corrected chi connectivity index (χ2v) is 4.12. The Morgan fingerprint density at radius 2 is 2.27 bits per heavy atom. The number of alkyl halides is 1. The van der Waals surface area contributed by atoms with Crippen molar-refractivity contribution in [1.82, 2.24) is 0 Å². The molecule has 0 aliphatic rings. The van der Waals surface area contributed by atoms with E-state index in [1.165, 1.54) is 6.07 Å². The first-order valence-electron chi connectivity index (χ1n) is 4.69. The summed E-state index contributed by atoms with van der Waals surface area (Å²) >= 11 is 1.62. The van der Waals surface area contributed by atoms with Crippen molar-refractivity contribution in [3.63, 3.8) is 0 Å². The van der Waals surface area contributed by atoms with Crippen molar-refractivity contribution in [3.8, 4) is 0 Å². The fourth-order valence-electron chi connectivity index (χ4n) is 1.04. The molecular formula is C10H13FO3S. The van der Waals surface area contributed by atoms with Crippen LogP contribution in [-0.4, -0.2) is 23.5 Å². The Hall–Kier alpha value is -0.970. The lowest BCUT2D eigenvalue weighted by atomic mass is 10.4. The largest absolute Gasteiger partial charge is 0.475 e. The van der Waals surface area contributed by atoms with Crippen molar-refractivity contribution in [1.29, 1.82) is 0 Å². The molecule has 15 heavy (non-hydrogen) atoms. The van der Waals surface area contributed by atoms with Crippen LogP contribution in [0.4, 0.5) is 4.39 Å². The number of halogens is 1. The molecule has 84 valence electrons. The van der Waals surface area contributed by atoms with Gasteiger partial charge in [0, 0.05) is 0 Å². The summed E-state index contributed by atoms with van der Waals surface area (Å²) in [6.07, 6.45) is 1.43. The predicted octanol–water partition coefficient (Wildman–Crippen LogP) is 2.96. The Kier molecular flexibility index (Phi) is 5.25. The second-order valence-electron chi connectivity index (χ2n) is 3.02. The number of rotatable bonds is 7. The first kappa shape index (κ1) is 12.1. The first-order chi connectivity index (χ1) is 7.24. The van der Waals surface area contributed by atoms with Gasteiger partial charge < -0.3 is 9.52 Å². The summed E-state index contributed by atoms with van der Waals surface area (Å²) < 4.78 is 16.8. The van der Waals surface area contributed by atoms with Gasteiger partial charge in [0.25, 0.3) is 0 Å². The van der Waals surface area contributed by atoms with E-state index in [0.717, 1.165) is 12.2 Å². The molecule has 1 aromatic rings. The average Bonchev–Trinajstić information content (AvgIpc) is 2.66. The van der Waals surface area contributed by atoms with Gasteiger partial charge in [0.2, 0.25) is 5.76 Å². The molecule has 1 rings (SSSR count). The van der Waals surface area contributed by atoms with Crippen LogP contribution >= 0.6 is 11.8 Å². The van der Waals surface area contributed by atoms with E-state index < -0.39 is 5.97 Å². The van der Waals surface area contributed by atoms with E-state index in [4.69, 9.17) is 9.52 Å². The first-order valence-corrected chi connectivity index (χ1v) is 5.85. The summed E-state index contributed by atoms with van der Waals surface area (Å²) in [4.78, 5) is 10.5. The number of carboxylic acid groups (broad SMARTS) is 1. The zero-order chi connectivity index (χ0) is 11.1. The fourth-order valence-corrected chi connectivity index (χ4v) is 1.95. The fraction of sp³-hybridized carbons (Fsp3) is 0.500. The van der Waals surface area contributed by atoms with Gasteiger partial charge in [0.1, 0.15) is 5.76 Å². The lowest BCUT2D eigenvalue weighted by Gasteiger charge is -1.97. The minimum atomic E-state index is -1.05. The number of hydrogen-bond acceptors (Lipinski definition) is 3. The molecule has 0 aliphatic carbocycles. The van der Waals surface area contributed by atoms with E-state index in [1.807, 2.05) is 0 Å². The van der Waals surface area contributed by atoms with Crippen LogP contribution in [0.1, 0.15) is 29.2 Å². The van der Waals surface area contributed by atoms with E-state index >= 15 is 0 Å². The number of carbonyl (C=O) groups is 1. The Bertz CT molecular complexity index is 311. The second kappa shape index (κ2) is 6.50. The van der Waals surface area contributed by atoms with Gasteiger partial charge in [0.15, 0.2) is 0 Å². The van der Waals surface area contributed by atoms with Crippen LogP contribution in [0.25, 0.3) is 0 Å². The molecule has 0 aliphatic heterocycles. The molecule has 0 radical (unpaired) electrons. The number of furan rings is 1. The third kappa shape index (κ3) is 4.38. The van der Waals surface area contributed by atoms with Gasteiger partial charge in [-0.2, -0.15) is 11.8 Å². The van der Waals surface area contributed by atoms with Crippen molar-refractivity contribution in [2.24, 2.45) is 0 Å². The zero-order valence-corrected chi connectivity index (χ0v) is 9.06. The van der Waals surface area contributed by atoms with Crippen molar-refractivity contribution in [3.05, 3.63) is 23.7 Å². The summed E-state index contributed by atoms with van der Waals surface area (Å²) in [6, 6.07) is 3.10. The van der Waals surface area contributed by atoms with Crippen LogP contribution in [0.3, 0.4) is 0 Å². The van der Waals surface area contributed by atoms with E-state index in [9.17, 15) is 9.18 Å². The SMILES string of the molecule is O=C(O)c1ccc(CSCCCCF)o1. The molecule has 0 spiro atoms. The quantitative estimate of drug-likeness (QED) is 0.734. The molecule has 1 aromatic heterocycles. The van der Waals surface area contributed by atoms with Gasteiger partial charge in [0.05, 0.1) is 12.4 Å². The maximum atomic E-state index is 11.7. The van der Waals surface area contributed by atoms with Gasteiger partial charge in [-0.25, -0.2) is 4.79 Å². The van der Waals surface area contributed by atoms with E-state index in [2.05, 4.69) is 0 Å². The van der Waals surface area contributed by atoms with Gasteiger partial charge in [-0.1, -0.05) is 0 Å². The number of carboxylic acids is 1. The average molecular weight is 232 g/mol. The highest BCUT2D eigenvalue weighted by molar-refractivity contribution is 7.98. The Morgan fingerprint density at radius 3 is 2.87 bits per heavy atom. The van der Waals surface area contributed by atoms with Crippen LogP contribution < -0.4 is 0 Å². The minimum Gasteiger partial charge on any atom is -0.475 e. The van der Waals surface area contributed by atoms with Gasteiger partial charge in [-0.3, -0.25) is 4.39 Å². The summed E-state index contributed by atoms with van der Waals surface area (Å²) in [5.74, 6) is 1.07. The number of aromatic carboxylic acids is 1. The zero-order valence-electron chi connectivity index (χ0n) is 8.24. The van der Waals surface area contributed by atoms with E-state index in [1.54, 1.807) is 17.8 Å². The lowest BCUT2D eigenvalue weighted by molar-refractivity contribution is 0.0661. The molecule has 1 N–H and O–H groups in total. The molecule has 0 unspecified atom stereocenters. The van der Waals surface area contributed by atoms with E-state index in [0.29, 0.717) is 17.9 Å². The molecule has 0 amide bonds. The molecule has 3 nitrogen and oxygen atoms in total. The third-order valence-electron chi connectivity index (χ3n) is 1.79. The lowest BCUT2D eigenvalue weighted by Crippen LogP contribution is -1.91. The van der Waals surface area contributed by atoms with Crippen molar-refractivity contribution in [2.45, 2.75) is 18.6 Å². The monoisotopic (exact) mass is 232 g/mol. The maximum Gasteiger partial charge on any atom is 0.371 e. The maximum absolute atomic E-state index is 11.7. The van der Waals surface area contributed by atoms with Crippen molar-refractivity contribution in [2.75, 3.05) is 12.4 Å². The predicted molar refractivity (Wildman–Crippen MR) is 57.0 cm³/mol. The molecule has 1 heterocycles. The Labute approximate surface area is 91.7 Å². The summed E-state index contributed by atoms with van der Waals surface area (Å²) in [5.41, 5.74) is 0. The topological polar surface area (TPSA) is 50.4 Å². The number of hydrogen-bond donors (Lipinski definition) is 1. The molecule has 5 heteroatoms. The van der Waals surface area contributed by atoms with Crippen LogP contribution in [0.5, 0.6) is 0 Å². The molecule has 0 bridgehead atoms. The van der Waals surface area contributed by atoms with Gasteiger partial charge >= 0.3 is 5.97 Å².